The number of halogens is 1. The van der Waals surface area contributed by atoms with Crippen molar-refractivity contribution in [3.8, 4) is 0 Å². The van der Waals surface area contributed by atoms with Crippen LogP contribution in [-0.4, -0.2) is 59.7 Å². The minimum absolute atomic E-state index is 0. The van der Waals surface area contributed by atoms with E-state index in [0.717, 1.165) is 11.7 Å². The van der Waals surface area contributed by atoms with E-state index in [1.807, 2.05) is 18.0 Å². The molecule has 1 saturated heterocycles. The summed E-state index contributed by atoms with van der Waals surface area (Å²) in [6, 6.07) is 1.94. The molecule has 9 heteroatoms. The first kappa shape index (κ1) is 19.2. The van der Waals surface area contributed by atoms with E-state index in [0.29, 0.717) is 19.6 Å². The van der Waals surface area contributed by atoms with Gasteiger partial charge < -0.3 is 10.2 Å². The Kier molecular flexibility index (Phi) is 6.25. The van der Waals surface area contributed by atoms with Gasteiger partial charge in [0.25, 0.3) is 0 Å². The maximum absolute atomic E-state index is 12.1. The van der Waals surface area contributed by atoms with E-state index in [9.17, 15) is 8.42 Å². The molecule has 2 heterocycles. The highest BCUT2D eigenvalue weighted by Gasteiger charge is 2.40. The average molecular weight is 441 g/mol. The molecule has 0 atom stereocenters. The van der Waals surface area contributed by atoms with Gasteiger partial charge in [0.15, 0.2) is 15.8 Å². The number of nitrogens with one attached hydrogen (secondary N) is 1. The topological polar surface area (TPSA) is 79.6 Å². The Labute approximate surface area is 149 Å². The molecular formula is C13H24IN5O2S. The number of aliphatic imine (C=N–C) groups is 1. The van der Waals surface area contributed by atoms with Crippen LogP contribution in [0.1, 0.15) is 19.5 Å². The molecular weight excluding hydrogens is 417 g/mol. The number of nitrogens with zero attached hydrogens (tertiary/aromatic N) is 4. The molecule has 0 amide bonds. The zero-order chi connectivity index (χ0) is 15.7. The Morgan fingerprint density at radius 1 is 1.50 bits per heavy atom. The van der Waals surface area contributed by atoms with Gasteiger partial charge in [0.1, 0.15) is 0 Å². The van der Waals surface area contributed by atoms with Gasteiger partial charge in [0.05, 0.1) is 22.7 Å². The van der Waals surface area contributed by atoms with Crippen LogP contribution in [0.25, 0.3) is 0 Å². The van der Waals surface area contributed by atoms with E-state index in [1.54, 1.807) is 31.8 Å². The fourth-order valence-corrected chi connectivity index (χ4v) is 3.77. The van der Waals surface area contributed by atoms with Gasteiger partial charge in [0, 0.05) is 33.4 Å². The third-order valence-electron chi connectivity index (χ3n) is 3.90. The van der Waals surface area contributed by atoms with E-state index < -0.39 is 14.6 Å². The molecule has 7 nitrogen and oxygen atoms in total. The third-order valence-corrected chi connectivity index (χ3v) is 6.44. The Hall–Kier alpha value is -0.840. The van der Waals surface area contributed by atoms with E-state index >= 15 is 0 Å². The van der Waals surface area contributed by atoms with Crippen LogP contribution in [0.2, 0.25) is 0 Å². The average Bonchev–Trinajstić information content (AvgIpc) is 2.80. The maximum Gasteiger partial charge on any atom is 0.194 e. The van der Waals surface area contributed by atoms with Crippen molar-refractivity contribution >= 4 is 39.8 Å². The molecule has 0 aliphatic carbocycles. The number of aryl methyl sites for hydroxylation is 1. The SMILES string of the molecule is CN=C(NCc1ccnn1C)N1CCS(=O)(=O)C(C)(C)C1.I. The molecule has 1 aromatic rings. The van der Waals surface area contributed by atoms with Gasteiger partial charge in [-0.1, -0.05) is 0 Å². The summed E-state index contributed by atoms with van der Waals surface area (Å²) in [5, 5.41) is 7.39. The van der Waals surface area contributed by atoms with Crippen molar-refractivity contribution in [1.82, 2.24) is 20.0 Å². The summed E-state index contributed by atoms with van der Waals surface area (Å²) in [5.74, 6) is 0.881. The minimum atomic E-state index is -3.04. The molecule has 22 heavy (non-hydrogen) atoms. The van der Waals surface area contributed by atoms with E-state index in [1.165, 1.54) is 0 Å². The number of aromatic nitrogens is 2. The molecule has 1 aliphatic heterocycles. The summed E-state index contributed by atoms with van der Waals surface area (Å²) in [4.78, 5) is 6.26. The van der Waals surface area contributed by atoms with E-state index in [-0.39, 0.29) is 29.7 Å². The Balaban J connectivity index is 0.00000242. The molecule has 1 aliphatic rings. The first-order valence-corrected chi connectivity index (χ1v) is 8.57. The van der Waals surface area contributed by atoms with Crippen molar-refractivity contribution in [2.45, 2.75) is 25.1 Å². The van der Waals surface area contributed by atoms with E-state index in [2.05, 4.69) is 15.4 Å². The summed E-state index contributed by atoms with van der Waals surface area (Å²) in [7, 11) is 0.556. The fraction of sp³-hybridized carbons (Fsp3) is 0.692. The molecule has 0 spiro atoms. The zero-order valence-electron chi connectivity index (χ0n) is 13.4. The van der Waals surface area contributed by atoms with Crippen molar-refractivity contribution in [3.63, 3.8) is 0 Å². The second-order valence-electron chi connectivity index (χ2n) is 5.85. The first-order chi connectivity index (χ1) is 9.77. The van der Waals surface area contributed by atoms with Crippen LogP contribution in [0.4, 0.5) is 0 Å². The van der Waals surface area contributed by atoms with Crippen molar-refractivity contribution in [2.75, 3.05) is 25.9 Å². The van der Waals surface area contributed by atoms with Crippen LogP contribution in [0.3, 0.4) is 0 Å². The molecule has 1 fully saturated rings. The highest BCUT2D eigenvalue weighted by atomic mass is 127. The van der Waals surface area contributed by atoms with Crippen LogP contribution in [-0.2, 0) is 23.4 Å². The number of hydrogen-bond donors (Lipinski definition) is 1. The number of guanidine groups is 1. The predicted octanol–water partition coefficient (Wildman–Crippen LogP) is 0.622. The normalized spacial score (nSPS) is 20.4. The number of hydrogen-bond acceptors (Lipinski definition) is 4. The fourth-order valence-electron chi connectivity index (χ4n) is 2.40. The summed E-state index contributed by atoms with van der Waals surface area (Å²) in [6.45, 7) is 5.05. The van der Waals surface area contributed by atoms with Crippen LogP contribution in [0.15, 0.2) is 17.3 Å². The lowest BCUT2D eigenvalue weighted by Gasteiger charge is -2.39. The summed E-state index contributed by atoms with van der Waals surface area (Å²) in [6.07, 6.45) is 1.75. The lowest BCUT2D eigenvalue weighted by atomic mass is 10.2. The Morgan fingerprint density at radius 3 is 2.68 bits per heavy atom. The highest BCUT2D eigenvalue weighted by Crippen LogP contribution is 2.23. The number of rotatable bonds is 2. The van der Waals surface area contributed by atoms with Crippen molar-refractivity contribution in [2.24, 2.45) is 12.0 Å². The third kappa shape index (κ3) is 3.92. The van der Waals surface area contributed by atoms with Gasteiger partial charge >= 0.3 is 0 Å². The predicted molar refractivity (Wildman–Crippen MR) is 98.3 cm³/mol. The van der Waals surface area contributed by atoms with E-state index in [4.69, 9.17) is 0 Å². The largest absolute Gasteiger partial charge is 0.351 e. The molecule has 2 rings (SSSR count). The lowest BCUT2D eigenvalue weighted by Crippen LogP contribution is -2.57. The quantitative estimate of drug-likeness (QED) is 0.414. The second-order valence-corrected chi connectivity index (χ2v) is 8.59. The summed E-state index contributed by atoms with van der Waals surface area (Å²) >= 11 is 0. The molecule has 0 aromatic carbocycles. The van der Waals surface area contributed by atoms with Crippen LogP contribution >= 0.6 is 24.0 Å². The van der Waals surface area contributed by atoms with Crippen molar-refractivity contribution in [1.29, 1.82) is 0 Å². The molecule has 1 N–H and O–H groups in total. The van der Waals surface area contributed by atoms with Crippen LogP contribution in [0.5, 0.6) is 0 Å². The summed E-state index contributed by atoms with van der Waals surface area (Å²) in [5.41, 5.74) is 1.04. The molecule has 0 bridgehead atoms. The van der Waals surface area contributed by atoms with Gasteiger partial charge in [-0.05, 0) is 19.9 Å². The second kappa shape index (κ2) is 7.16. The molecule has 0 radical (unpaired) electrons. The smallest absolute Gasteiger partial charge is 0.194 e. The van der Waals surface area contributed by atoms with Gasteiger partial charge in [-0.15, -0.1) is 24.0 Å². The van der Waals surface area contributed by atoms with Gasteiger partial charge in [-0.3, -0.25) is 9.67 Å². The monoisotopic (exact) mass is 441 g/mol. The Morgan fingerprint density at radius 2 is 2.18 bits per heavy atom. The zero-order valence-corrected chi connectivity index (χ0v) is 16.6. The maximum atomic E-state index is 12.1. The van der Waals surface area contributed by atoms with Crippen LogP contribution in [0, 0.1) is 0 Å². The summed E-state index contributed by atoms with van der Waals surface area (Å²) < 4.78 is 25.1. The molecule has 0 saturated carbocycles. The highest BCUT2D eigenvalue weighted by molar-refractivity contribution is 14.0. The standard InChI is InChI=1S/C13H23N5O2S.HI/c1-13(2)10-18(7-8-21(13,19)20)12(14-3)15-9-11-5-6-16-17(11)4;/h5-6H,7-10H2,1-4H3,(H,14,15);1H. The molecule has 126 valence electrons. The van der Waals surface area contributed by atoms with Crippen LogP contribution < -0.4 is 5.32 Å². The van der Waals surface area contributed by atoms with Crippen molar-refractivity contribution < 1.29 is 8.42 Å². The Bertz CT molecular complexity index is 639. The first-order valence-electron chi connectivity index (χ1n) is 6.91. The minimum Gasteiger partial charge on any atom is -0.351 e. The van der Waals surface area contributed by atoms with Gasteiger partial charge in [0.2, 0.25) is 0 Å². The molecule has 1 aromatic heterocycles. The van der Waals surface area contributed by atoms with Crippen molar-refractivity contribution in [3.05, 3.63) is 18.0 Å². The lowest BCUT2D eigenvalue weighted by molar-refractivity contribution is 0.353. The molecule has 0 unspecified atom stereocenters. The van der Waals surface area contributed by atoms with Gasteiger partial charge in [-0.2, -0.15) is 5.10 Å². The van der Waals surface area contributed by atoms with Gasteiger partial charge in [-0.25, -0.2) is 8.42 Å². The number of sulfone groups is 1.